The minimum atomic E-state index is -0.224. The fraction of sp³-hybridized carbons (Fsp3) is 0.500. The number of benzene rings is 1. The van der Waals surface area contributed by atoms with Crippen LogP contribution in [0.3, 0.4) is 0 Å². The molecule has 1 unspecified atom stereocenters. The second-order valence-electron chi connectivity index (χ2n) is 4.08. The van der Waals surface area contributed by atoms with Crippen molar-refractivity contribution in [3.05, 3.63) is 35.6 Å². The Labute approximate surface area is 84.9 Å². The van der Waals surface area contributed by atoms with Gasteiger partial charge in [-0.1, -0.05) is 19.1 Å². The van der Waals surface area contributed by atoms with Crippen LogP contribution >= 0.6 is 0 Å². The highest BCUT2D eigenvalue weighted by Gasteiger charge is 2.26. The van der Waals surface area contributed by atoms with Crippen LogP contribution in [-0.4, -0.2) is 12.7 Å². The zero-order valence-corrected chi connectivity index (χ0v) is 9.17. The lowest BCUT2D eigenvalue weighted by molar-refractivity contribution is 0.00321. The number of hydrogen-bond donors (Lipinski definition) is 0. The summed E-state index contributed by atoms with van der Waals surface area (Å²) in [5.41, 5.74) is 0.871. The van der Waals surface area contributed by atoms with E-state index in [0.717, 1.165) is 5.56 Å². The summed E-state index contributed by atoms with van der Waals surface area (Å²) >= 11 is 0. The molecule has 0 fully saturated rings. The van der Waals surface area contributed by atoms with Crippen LogP contribution in [0.5, 0.6) is 0 Å². The van der Waals surface area contributed by atoms with Gasteiger partial charge in [-0.15, -0.1) is 0 Å². The number of hydrogen-bond acceptors (Lipinski definition) is 1. The van der Waals surface area contributed by atoms with Gasteiger partial charge in [-0.3, -0.25) is 0 Å². The van der Waals surface area contributed by atoms with Gasteiger partial charge in [0.15, 0.2) is 0 Å². The third-order valence-corrected chi connectivity index (χ3v) is 2.94. The van der Waals surface area contributed by atoms with Gasteiger partial charge in [0.05, 0.1) is 5.60 Å². The van der Waals surface area contributed by atoms with Crippen molar-refractivity contribution < 1.29 is 9.13 Å². The maximum atomic E-state index is 12.7. The van der Waals surface area contributed by atoms with Crippen LogP contribution in [0, 0.1) is 5.82 Å². The van der Waals surface area contributed by atoms with Crippen molar-refractivity contribution in [2.75, 3.05) is 7.11 Å². The molecule has 0 saturated carbocycles. The second kappa shape index (κ2) is 4.09. The predicted octanol–water partition coefficient (Wildman–Crippen LogP) is 3.35. The third-order valence-electron chi connectivity index (χ3n) is 2.94. The number of methoxy groups -OCH3 is 1. The summed E-state index contributed by atoms with van der Waals surface area (Å²) in [6, 6.07) is 6.58. The lowest BCUT2D eigenvalue weighted by Gasteiger charge is -2.30. The number of halogens is 1. The number of rotatable bonds is 3. The van der Waals surface area contributed by atoms with E-state index in [1.54, 1.807) is 19.2 Å². The molecule has 0 saturated heterocycles. The first-order valence-corrected chi connectivity index (χ1v) is 4.78. The topological polar surface area (TPSA) is 9.23 Å². The normalized spacial score (nSPS) is 14.1. The van der Waals surface area contributed by atoms with E-state index in [0.29, 0.717) is 0 Å². The molecule has 0 spiro atoms. The molecule has 0 aliphatic rings. The maximum Gasteiger partial charge on any atom is 0.123 e. The van der Waals surface area contributed by atoms with Crippen LogP contribution in [0.15, 0.2) is 24.3 Å². The van der Waals surface area contributed by atoms with E-state index in [2.05, 4.69) is 6.92 Å². The van der Waals surface area contributed by atoms with Gasteiger partial charge in [0.25, 0.3) is 0 Å². The van der Waals surface area contributed by atoms with E-state index >= 15 is 0 Å². The van der Waals surface area contributed by atoms with Gasteiger partial charge < -0.3 is 4.74 Å². The van der Waals surface area contributed by atoms with Gasteiger partial charge in [-0.2, -0.15) is 0 Å². The van der Waals surface area contributed by atoms with Crippen molar-refractivity contribution >= 4 is 0 Å². The van der Waals surface area contributed by atoms with E-state index in [-0.39, 0.29) is 17.3 Å². The quantitative estimate of drug-likeness (QED) is 0.720. The fourth-order valence-electron chi connectivity index (χ4n) is 1.33. The van der Waals surface area contributed by atoms with E-state index in [4.69, 9.17) is 4.74 Å². The molecule has 0 aliphatic heterocycles. The molecule has 0 heterocycles. The Bertz CT molecular complexity index is 290. The smallest absolute Gasteiger partial charge is 0.123 e. The maximum absolute atomic E-state index is 12.7. The molecule has 0 amide bonds. The summed E-state index contributed by atoms with van der Waals surface area (Å²) in [7, 11) is 1.69. The SMILES string of the molecule is COC(C)(C)C(C)c1ccc(F)cc1. The Morgan fingerprint density at radius 1 is 1.21 bits per heavy atom. The zero-order valence-electron chi connectivity index (χ0n) is 9.17. The molecule has 14 heavy (non-hydrogen) atoms. The van der Waals surface area contributed by atoms with E-state index in [9.17, 15) is 4.39 Å². The van der Waals surface area contributed by atoms with Crippen LogP contribution in [0.2, 0.25) is 0 Å². The lowest BCUT2D eigenvalue weighted by Crippen LogP contribution is -2.29. The average Bonchev–Trinajstić information content (AvgIpc) is 2.18. The monoisotopic (exact) mass is 196 g/mol. The molecule has 1 nitrogen and oxygen atoms in total. The van der Waals surface area contributed by atoms with Crippen molar-refractivity contribution in [2.24, 2.45) is 0 Å². The first-order chi connectivity index (χ1) is 6.47. The molecule has 2 heteroatoms. The van der Waals surface area contributed by atoms with Crippen LogP contribution in [0.4, 0.5) is 4.39 Å². The second-order valence-corrected chi connectivity index (χ2v) is 4.08. The minimum absolute atomic E-state index is 0.198. The van der Waals surface area contributed by atoms with Crippen LogP contribution < -0.4 is 0 Å². The zero-order chi connectivity index (χ0) is 10.8. The highest BCUT2D eigenvalue weighted by Crippen LogP contribution is 2.29. The van der Waals surface area contributed by atoms with Gasteiger partial charge in [0.1, 0.15) is 5.82 Å². The summed E-state index contributed by atoms with van der Waals surface area (Å²) in [4.78, 5) is 0. The highest BCUT2D eigenvalue weighted by molar-refractivity contribution is 5.22. The van der Waals surface area contributed by atoms with Gasteiger partial charge in [-0.05, 0) is 31.5 Å². The van der Waals surface area contributed by atoms with Crippen molar-refractivity contribution in [1.29, 1.82) is 0 Å². The molecule has 0 aromatic heterocycles. The molecule has 1 atom stereocenters. The summed E-state index contributed by atoms with van der Waals surface area (Å²) in [6.07, 6.45) is 0. The molecule has 0 aliphatic carbocycles. The van der Waals surface area contributed by atoms with Crippen LogP contribution in [-0.2, 0) is 4.74 Å². The Balaban J connectivity index is 2.89. The van der Waals surface area contributed by atoms with Gasteiger partial charge >= 0.3 is 0 Å². The van der Waals surface area contributed by atoms with E-state index in [1.807, 2.05) is 13.8 Å². The number of ether oxygens (including phenoxy) is 1. The first kappa shape index (κ1) is 11.2. The van der Waals surface area contributed by atoms with Crippen molar-refractivity contribution in [3.8, 4) is 0 Å². The van der Waals surface area contributed by atoms with Crippen molar-refractivity contribution in [1.82, 2.24) is 0 Å². The molecular formula is C12H17FO. The molecule has 1 aromatic rings. The Kier molecular flexibility index (Phi) is 3.27. The van der Waals surface area contributed by atoms with E-state index in [1.165, 1.54) is 12.1 Å². The summed E-state index contributed by atoms with van der Waals surface area (Å²) in [6.45, 7) is 6.14. The summed E-state index contributed by atoms with van der Waals surface area (Å²) in [5, 5.41) is 0. The molecule has 78 valence electrons. The van der Waals surface area contributed by atoms with Crippen molar-refractivity contribution in [3.63, 3.8) is 0 Å². The van der Waals surface area contributed by atoms with Gasteiger partial charge in [-0.25, -0.2) is 4.39 Å². The fourth-order valence-corrected chi connectivity index (χ4v) is 1.33. The predicted molar refractivity (Wildman–Crippen MR) is 55.9 cm³/mol. The van der Waals surface area contributed by atoms with Gasteiger partial charge in [0, 0.05) is 13.0 Å². The molecule has 1 aromatic carbocycles. The Morgan fingerprint density at radius 2 is 1.71 bits per heavy atom. The highest BCUT2D eigenvalue weighted by atomic mass is 19.1. The summed E-state index contributed by atoms with van der Waals surface area (Å²) in [5.74, 6) is 0.0456. The Morgan fingerprint density at radius 3 is 2.14 bits per heavy atom. The third kappa shape index (κ3) is 2.32. The molecule has 1 rings (SSSR count). The molecular weight excluding hydrogens is 179 g/mol. The molecule has 0 radical (unpaired) electrons. The minimum Gasteiger partial charge on any atom is -0.378 e. The summed E-state index contributed by atoms with van der Waals surface area (Å²) < 4.78 is 18.1. The standard InChI is InChI=1S/C12H17FO/c1-9(12(2,3)14-4)10-5-7-11(13)8-6-10/h5-9H,1-4H3. The first-order valence-electron chi connectivity index (χ1n) is 4.78. The molecule has 0 bridgehead atoms. The van der Waals surface area contributed by atoms with Gasteiger partial charge in [0.2, 0.25) is 0 Å². The van der Waals surface area contributed by atoms with Crippen LogP contribution in [0.1, 0.15) is 32.3 Å². The van der Waals surface area contributed by atoms with Crippen LogP contribution in [0.25, 0.3) is 0 Å². The molecule has 0 N–H and O–H groups in total. The average molecular weight is 196 g/mol. The lowest BCUT2D eigenvalue weighted by atomic mass is 9.86. The van der Waals surface area contributed by atoms with E-state index < -0.39 is 0 Å². The largest absolute Gasteiger partial charge is 0.378 e. The Hall–Kier alpha value is -0.890. The van der Waals surface area contributed by atoms with Crippen molar-refractivity contribution in [2.45, 2.75) is 32.3 Å².